The Morgan fingerprint density at radius 3 is 2.90 bits per heavy atom. The van der Waals surface area contributed by atoms with Crippen LogP contribution in [-0.2, 0) is 38.4 Å². The molecule has 1 aliphatic rings. The second-order valence-electron chi connectivity index (χ2n) is 7.49. The molecule has 3 aromatic rings. The second-order valence-corrected chi connectivity index (χ2v) is 7.49. The van der Waals surface area contributed by atoms with Crippen LogP contribution in [0.1, 0.15) is 24.6 Å². The molecule has 1 fully saturated rings. The normalized spacial score (nSPS) is 18.8. The molecule has 4 rings (SSSR count). The number of methoxy groups -OCH3 is 1. The molecular formula is C21H24N4O5. The number of carbonyl (C=O) groups excluding carboxylic acids is 1. The topological polar surface area (TPSA) is 108 Å². The quantitative estimate of drug-likeness (QED) is 0.473. The van der Waals surface area contributed by atoms with Crippen molar-refractivity contribution in [1.29, 1.82) is 0 Å². The first kappa shape index (κ1) is 20.4. The SMILES string of the molecule is COCc1cc(-c2cn(C)c3cnc(NC(C)=O)cc23)nc([C@]2(OO)CCOC2)c1. The number of nitrogens with one attached hydrogen (secondary N) is 1. The summed E-state index contributed by atoms with van der Waals surface area (Å²) in [6, 6.07) is 5.64. The molecule has 30 heavy (non-hydrogen) atoms. The molecule has 9 nitrogen and oxygen atoms in total. The largest absolute Gasteiger partial charge is 0.380 e. The number of carbonyl (C=O) groups is 1. The van der Waals surface area contributed by atoms with Crippen molar-refractivity contribution in [1.82, 2.24) is 14.5 Å². The Morgan fingerprint density at radius 1 is 1.40 bits per heavy atom. The minimum atomic E-state index is -1.01. The number of anilines is 1. The number of fused-ring (bicyclic) bond motifs is 1. The van der Waals surface area contributed by atoms with Crippen molar-refractivity contribution in [3.05, 3.63) is 41.9 Å². The summed E-state index contributed by atoms with van der Waals surface area (Å²) in [6.45, 7) is 2.52. The van der Waals surface area contributed by atoms with E-state index in [0.29, 0.717) is 36.8 Å². The predicted molar refractivity (Wildman–Crippen MR) is 110 cm³/mol. The van der Waals surface area contributed by atoms with Crippen LogP contribution >= 0.6 is 0 Å². The molecule has 1 atom stereocenters. The van der Waals surface area contributed by atoms with E-state index in [-0.39, 0.29) is 12.5 Å². The molecule has 3 aromatic heterocycles. The van der Waals surface area contributed by atoms with Crippen LogP contribution in [0.5, 0.6) is 0 Å². The zero-order chi connectivity index (χ0) is 21.3. The lowest BCUT2D eigenvalue weighted by Gasteiger charge is -2.24. The average molecular weight is 412 g/mol. The molecule has 1 aliphatic heterocycles. The molecule has 0 radical (unpaired) electrons. The molecule has 4 heterocycles. The predicted octanol–water partition coefficient (Wildman–Crippen LogP) is 2.85. The number of hydrogen-bond donors (Lipinski definition) is 2. The van der Waals surface area contributed by atoms with Crippen molar-refractivity contribution in [2.75, 3.05) is 25.6 Å². The number of aryl methyl sites for hydroxylation is 1. The van der Waals surface area contributed by atoms with Gasteiger partial charge in [-0.1, -0.05) is 0 Å². The number of nitrogens with zero attached hydrogens (tertiary/aromatic N) is 3. The molecule has 0 bridgehead atoms. The third-order valence-electron chi connectivity index (χ3n) is 5.28. The maximum absolute atomic E-state index is 11.5. The maximum Gasteiger partial charge on any atom is 0.222 e. The first-order valence-electron chi connectivity index (χ1n) is 9.59. The van der Waals surface area contributed by atoms with Crippen LogP contribution < -0.4 is 5.32 Å². The van der Waals surface area contributed by atoms with Gasteiger partial charge < -0.3 is 19.4 Å². The van der Waals surface area contributed by atoms with Gasteiger partial charge in [-0.15, -0.1) is 0 Å². The number of amides is 1. The molecule has 0 spiro atoms. The number of hydrogen-bond acceptors (Lipinski definition) is 7. The van der Waals surface area contributed by atoms with Crippen LogP contribution in [0, 0.1) is 0 Å². The van der Waals surface area contributed by atoms with E-state index in [9.17, 15) is 10.1 Å². The molecule has 0 aliphatic carbocycles. The highest BCUT2D eigenvalue weighted by Crippen LogP contribution is 2.36. The number of ether oxygens (including phenoxy) is 2. The Kier molecular flexibility index (Phi) is 5.52. The third kappa shape index (κ3) is 3.68. The van der Waals surface area contributed by atoms with Gasteiger partial charge in [0, 0.05) is 44.6 Å². The molecule has 1 amide bonds. The van der Waals surface area contributed by atoms with E-state index in [1.807, 2.05) is 36.0 Å². The summed E-state index contributed by atoms with van der Waals surface area (Å²) in [6.07, 6.45) is 4.18. The van der Waals surface area contributed by atoms with Crippen LogP contribution in [0.2, 0.25) is 0 Å². The van der Waals surface area contributed by atoms with Crippen molar-refractivity contribution >= 4 is 22.6 Å². The standard InChI is InChI=1S/C21H24N4O5/c1-13(26)23-20-8-15-16(10-25(2)18(15)9-22-20)17-6-14(11-28-3)7-19(24-17)21(30-27)4-5-29-12-21/h6-10,27H,4-5,11-12H2,1-3H3,(H,22,23,26)/t21-/m0/s1. The minimum Gasteiger partial charge on any atom is -0.380 e. The fourth-order valence-electron chi connectivity index (χ4n) is 3.81. The Balaban J connectivity index is 1.89. The Hall–Kier alpha value is -2.85. The molecule has 158 valence electrons. The van der Waals surface area contributed by atoms with Crippen molar-refractivity contribution < 1.29 is 24.4 Å². The van der Waals surface area contributed by atoms with Gasteiger partial charge in [-0.25, -0.2) is 14.9 Å². The van der Waals surface area contributed by atoms with E-state index in [2.05, 4.69) is 10.3 Å². The lowest BCUT2D eigenvalue weighted by molar-refractivity contribution is -0.328. The maximum atomic E-state index is 11.5. The smallest absolute Gasteiger partial charge is 0.222 e. The number of rotatable bonds is 6. The van der Waals surface area contributed by atoms with E-state index < -0.39 is 5.60 Å². The van der Waals surface area contributed by atoms with Gasteiger partial charge in [-0.05, 0) is 23.8 Å². The van der Waals surface area contributed by atoms with Crippen LogP contribution in [-0.4, -0.2) is 46.0 Å². The fourth-order valence-corrected chi connectivity index (χ4v) is 3.81. The highest BCUT2D eigenvalue weighted by atomic mass is 17.1. The Labute approximate surface area is 173 Å². The Morgan fingerprint density at radius 2 is 2.23 bits per heavy atom. The zero-order valence-electron chi connectivity index (χ0n) is 17.1. The average Bonchev–Trinajstić information content (AvgIpc) is 3.33. The van der Waals surface area contributed by atoms with Crippen LogP contribution in [0.25, 0.3) is 22.2 Å². The summed E-state index contributed by atoms with van der Waals surface area (Å²) < 4.78 is 12.8. The van der Waals surface area contributed by atoms with Gasteiger partial charge in [-0.2, -0.15) is 0 Å². The summed E-state index contributed by atoms with van der Waals surface area (Å²) in [5.41, 5.74) is 2.94. The van der Waals surface area contributed by atoms with Crippen LogP contribution in [0.15, 0.2) is 30.6 Å². The molecule has 1 saturated heterocycles. The molecule has 0 unspecified atom stereocenters. The van der Waals surface area contributed by atoms with Gasteiger partial charge in [0.2, 0.25) is 5.91 Å². The zero-order valence-corrected chi connectivity index (χ0v) is 17.1. The lowest BCUT2D eigenvalue weighted by atomic mass is 9.95. The molecule has 9 heteroatoms. The molecule has 0 saturated carbocycles. The van der Waals surface area contributed by atoms with Gasteiger partial charge >= 0.3 is 0 Å². The van der Waals surface area contributed by atoms with E-state index in [4.69, 9.17) is 19.3 Å². The summed E-state index contributed by atoms with van der Waals surface area (Å²) >= 11 is 0. The summed E-state index contributed by atoms with van der Waals surface area (Å²) in [4.78, 5) is 25.5. The van der Waals surface area contributed by atoms with Crippen molar-refractivity contribution in [2.24, 2.45) is 7.05 Å². The summed E-state index contributed by atoms with van der Waals surface area (Å²) in [5.74, 6) is 0.278. The van der Waals surface area contributed by atoms with Gasteiger partial charge in [-0.3, -0.25) is 10.1 Å². The lowest BCUT2D eigenvalue weighted by Crippen LogP contribution is -2.30. The Bertz CT molecular complexity index is 1090. The summed E-state index contributed by atoms with van der Waals surface area (Å²) in [7, 11) is 3.55. The first-order valence-corrected chi connectivity index (χ1v) is 9.59. The molecular weight excluding hydrogens is 388 g/mol. The second kappa shape index (κ2) is 8.11. The molecule has 2 N–H and O–H groups in total. The van der Waals surface area contributed by atoms with Crippen molar-refractivity contribution in [3.63, 3.8) is 0 Å². The van der Waals surface area contributed by atoms with E-state index in [0.717, 1.165) is 22.0 Å². The third-order valence-corrected chi connectivity index (χ3v) is 5.28. The highest BCUT2D eigenvalue weighted by Gasteiger charge is 2.41. The van der Waals surface area contributed by atoms with Gasteiger partial charge in [0.25, 0.3) is 0 Å². The van der Waals surface area contributed by atoms with Gasteiger partial charge in [0.15, 0.2) is 5.60 Å². The first-order chi connectivity index (χ1) is 14.5. The van der Waals surface area contributed by atoms with E-state index in [1.165, 1.54) is 6.92 Å². The van der Waals surface area contributed by atoms with E-state index >= 15 is 0 Å². The minimum absolute atomic E-state index is 0.190. The van der Waals surface area contributed by atoms with E-state index in [1.54, 1.807) is 13.3 Å². The fraction of sp³-hybridized carbons (Fsp3) is 0.381. The van der Waals surface area contributed by atoms with Crippen LogP contribution in [0.3, 0.4) is 0 Å². The van der Waals surface area contributed by atoms with Gasteiger partial charge in [0.1, 0.15) is 5.82 Å². The highest BCUT2D eigenvalue weighted by molar-refractivity contribution is 5.98. The van der Waals surface area contributed by atoms with Gasteiger partial charge in [0.05, 0.1) is 42.9 Å². The van der Waals surface area contributed by atoms with Crippen molar-refractivity contribution in [3.8, 4) is 11.3 Å². The summed E-state index contributed by atoms with van der Waals surface area (Å²) in [5, 5.41) is 13.3. The van der Waals surface area contributed by atoms with Crippen molar-refractivity contribution in [2.45, 2.75) is 25.6 Å². The monoisotopic (exact) mass is 412 g/mol. The molecule has 0 aromatic carbocycles. The van der Waals surface area contributed by atoms with Crippen LogP contribution in [0.4, 0.5) is 5.82 Å². The number of pyridine rings is 2. The number of aromatic nitrogens is 3.